The summed E-state index contributed by atoms with van der Waals surface area (Å²) in [6, 6.07) is 14.0. The summed E-state index contributed by atoms with van der Waals surface area (Å²) in [5, 5.41) is 0.111. The minimum atomic E-state index is -4.02. The highest BCUT2D eigenvalue weighted by molar-refractivity contribution is 7.92. The fourth-order valence-corrected chi connectivity index (χ4v) is 4.30. The smallest absolute Gasteiger partial charge is 0.265 e. The zero-order chi connectivity index (χ0) is 22.8. The van der Waals surface area contributed by atoms with Gasteiger partial charge in [-0.15, -0.1) is 0 Å². The quantitative estimate of drug-likeness (QED) is 0.574. The Bertz CT molecular complexity index is 1290. The van der Waals surface area contributed by atoms with E-state index in [0.717, 1.165) is 4.31 Å². The minimum absolute atomic E-state index is 0.0200. The van der Waals surface area contributed by atoms with Crippen LogP contribution in [0.25, 0.3) is 0 Å². The molecular formula is C22H21ClFN3O3S. The Kier molecular flexibility index (Phi) is 6.62. The maximum Gasteiger partial charge on any atom is 0.265 e. The number of carbonyl (C=O) groups excluding carboxylic acids is 1. The summed E-state index contributed by atoms with van der Waals surface area (Å²) in [6.45, 7) is 3.76. The van der Waals surface area contributed by atoms with E-state index in [1.807, 2.05) is 13.8 Å². The number of halogens is 2. The molecule has 0 saturated carbocycles. The fourth-order valence-electron chi connectivity index (χ4n) is 2.88. The first-order valence-corrected chi connectivity index (χ1v) is 11.2. The van der Waals surface area contributed by atoms with Crippen LogP contribution in [0.5, 0.6) is 0 Å². The normalized spacial score (nSPS) is 12.3. The van der Waals surface area contributed by atoms with Crippen LogP contribution in [-0.4, -0.2) is 32.0 Å². The van der Waals surface area contributed by atoms with E-state index in [9.17, 15) is 17.6 Å². The first kappa shape index (κ1) is 22.7. The van der Waals surface area contributed by atoms with E-state index in [4.69, 9.17) is 11.6 Å². The second-order valence-corrected chi connectivity index (χ2v) is 9.42. The van der Waals surface area contributed by atoms with Crippen molar-refractivity contribution in [3.63, 3.8) is 0 Å². The molecular weight excluding hydrogens is 441 g/mol. The van der Waals surface area contributed by atoms with E-state index in [2.05, 4.69) is 4.99 Å². The molecule has 0 aliphatic heterocycles. The molecule has 6 nitrogen and oxygen atoms in total. The molecule has 0 saturated heterocycles. The largest absolute Gasteiger partial charge is 0.269 e. The molecule has 0 radical (unpaired) electrons. The third-order valence-corrected chi connectivity index (χ3v) is 6.58. The number of hydrogen-bond donors (Lipinski definition) is 0. The highest BCUT2D eigenvalue weighted by Crippen LogP contribution is 2.26. The SMILES string of the molecule is CC(C)N=c1ccccn1C(=O)c1cc(S(=O)(=O)N(C)c2ccc(F)cc2)ccc1Cl. The molecule has 1 heterocycles. The molecule has 2 aromatic carbocycles. The van der Waals surface area contributed by atoms with Crippen LogP contribution in [0.2, 0.25) is 5.02 Å². The summed E-state index contributed by atoms with van der Waals surface area (Å²) in [5.74, 6) is -0.983. The van der Waals surface area contributed by atoms with Gasteiger partial charge in [-0.3, -0.25) is 18.7 Å². The van der Waals surface area contributed by atoms with Crippen LogP contribution in [0.3, 0.4) is 0 Å². The molecule has 0 aliphatic rings. The molecule has 31 heavy (non-hydrogen) atoms. The first-order valence-electron chi connectivity index (χ1n) is 9.41. The predicted molar refractivity (Wildman–Crippen MR) is 118 cm³/mol. The standard InChI is InChI=1S/C22H21ClFN3O3S/c1-15(2)25-21-6-4-5-13-27(21)22(28)19-14-18(11-12-20(19)23)31(29,30)26(3)17-9-7-16(24)8-10-17/h4-15H,1-3H3. The maximum atomic E-state index is 13.2. The van der Waals surface area contributed by atoms with Gasteiger partial charge >= 0.3 is 0 Å². The van der Waals surface area contributed by atoms with Gasteiger partial charge in [-0.05, 0) is 68.4 Å². The molecule has 1 aromatic heterocycles. The Balaban J connectivity index is 2.07. The number of anilines is 1. The topological polar surface area (TPSA) is 71.7 Å². The van der Waals surface area contributed by atoms with E-state index in [0.29, 0.717) is 5.49 Å². The Morgan fingerprint density at radius 3 is 2.42 bits per heavy atom. The van der Waals surface area contributed by atoms with E-state index in [1.54, 1.807) is 24.4 Å². The molecule has 162 valence electrons. The van der Waals surface area contributed by atoms with Crippen molar-refractivity contribution >= 4 is 33.2 Å². The summed E-state index contributed by atoms with van der Waals surface area (Å²) in [4.78, 5) is 17.5. The highest BCUT2D eigenvalue weighted by Gasteiger charge is 2.24. The first-order chi connectivity index (χ1) is 14.6. The molecule has 0 atom stereocenters. The van der Waals surface area contributed by atoms with Gasteiger partial charge in [0.25, 0.3) is 15.9 Å². The predicted octanol–water partition coefficient (Wildman–Crippen LogP) is 4.10. The monoisotopic (exact) mass is 461 g/mol. The minimum Gasteiger partial charge on any atom is -0.269 e. The van der Waals surface area contributed by atoms with Gasteiger partial charge in [0.1, 0.15) is 11.3 Å². The molecule has 0 bridgehead atoms. The van der Waals surface area contributed by atoms with Crippen molar-refractivity contribution in [1.82, 2.24) is 4.57 Å². The van der Waals surface area contributed by atoms with Crippen LogP contribution < -0.4 is 9.79 Å². The highest BCUT2D eigenvalue weighted by atomic mass is 35.5. The second kappa shape index (κ2) is 9.03. The lowest BCUT2D eigenvalue weighted by atomic mass is 10.2. The molecule has 0 fully saturated rings. The number of nitrogens with zero attached hydrogens (tertiary/aromatic N) is 3. The van der Waals surface area contributed by atoms with Crippen molar-refractivity contribution in [2.75, 3.05) is 11.4 Å². The van der Waals surface area contributed by atoms with Gasteiger partial charge in [0.15, 0.2) is 0 Å². The number of hydrogen-bond acceptors (Lipinski definition) is 4. The summed E-state index contributed by atoms with van der Waals surface area (Å²) in [6.07, 6.45) is 1.55. The third-order valence-electron chi connectivity index (χ3n) is 4.46. The molecule has 0 aliphatic carbocycles. The van der Waals surface area contributed by atoms with Crippen LogP contribution >= 0.6 is 11.6 Å². The molecule has 0 N–H and O–H groups in total. The zero-order valence-electron chi connectivity index (χ0n) is 17.2. The van der Waals surface area contributed by atoms with Crippen LogP contribution in [0, 0.1) is 5.82 Å². The lowest BCUT2D eigenvalue weighted by Gasteiger charge is -2.20. The number of pyridine rings is 1. The number of benzene rings is 2. The Morgan fingerprint density at radius 1 is 1.10 bits per heavy atom. The number of aromatic nitrogens is 1. The van der Waals surface area contributed by atoms with Crippen molar-refractivity contribution in [3.05, 3.63) is 88.8 Å². The second-order valence-electron chi connectivity index (χ2n) is 7.05. The Hall–Kier alpha value is -2.97. The average Bonchev–Trinajstić information content (AvgIpc) is 2.73. The van der Waals surface area contributed by atoms with E-state index in [1.165, 1.54) is 54.1 Å². The number of rotatable bonds is 5. The van der Waals surface area contributed by atoms with Gasteiger partial charge in [-0.1, -0.05) is 17.7 Å². The molecule has 0 spiro atoms. The maximum absolute atomic E-state index is 13.2. The Labute approximate surface area is 185 Å². The number of carbonyl (C=O) groups is 1. The van der Waals surface area contributed by atoms with E-state index < -0.39 is 21.7 Å². The summed E-state index contributed by atoms with van der Waals surface area (Å²) in [7, 11) is -2.67. The molecule has 3 rings (SSSR count). The van der Waals surface area contributed by atoms with Crippen molar-refractivity contribution in [2.45, 2.75) is 24.8 Å². The van der Waals surface area contributed by atoms with Crippen molar-refractivity contribution in [3.8, 4) is 0 Å². The van der Waals surface area contributed by atoms with Crippen molar-refractivity contribution in [2.24, 2.45) is 4.99 Å². The van der Waals surface area contributed by atoms with Gasteiger partial charge in [0.2, 0.25) is 0 Å². The lowest BCUT2D eigenvalue weighted by molar-refractivity contribution is 0.0954. The lowest BCUT2D eigenvalue weighted by Crippen LogP contribution is -2.29. The third kappa shape index (κ3) is 4.86. The zero-order valence-corrected chi connectivity index (χ0v) is 18.7. The van der Waals surface area contributed by atoms with Gasteiger partial charge in [-0.25, -0.2) is 12.8 Å². The molecule has 0 amide bonds. The van der Waals surface area contributed by atoms with Crippen LogP contribution in [0.4, 0.5) is 10.1 Å². The summed E-state index contributed by atoms with van der Waals surface area (Å²) in [5.41, 5.74) is 0.724. The summed E-state index contributed by atoms with van der Waals surface area (Å²) < 4.78 is 41.7. The van der Waals surface area contributed by atoms with Gasteiger partial charge in [-0.2, -0.15) is 0 Å². The average molecular weight is 462 g/mol. The Morgan fingerprint density at radius 2 is 1.77 bits per heavy atom. The van der Waals surface area contributed by atoms with E-state index >= 15 is 0 Å². The fraction of sp³-hybridized carbons (Fsp3) is 0.182. The van der Waals surface area contributed by atoms with Crippen LogP contribution in [-0.2, 0) is 10.0 Å². The molecule has 3 aromatic rings. The van der Waals surface area contributed by atoms with Gasteiger partial charge in [0.05, 0.1) is 21.2 Å². The number of sulfonamides is 1. The van der Waals surface area contributed by atoms with Crippen LogP contribution in [0.15, 0.2) is 76.7 Å². The van der Waals surface area contributed by atoms with Crippen molar-refractivity contribution in [1.29, 1.82) is 0 Å². The van der Waals surface area contributed by atoms with E-state index in [-0.39, 0.29) is 27.2 Å². The van der Waals surface area contributed by atoms with Crippen LogP contribution in [0.1, 0.15) is 24.2 Å². The summed E-state index contributed by atoms with van der Waals surface area (Å²) >= 11 is 6.25. The molecule has 0 unspecified atom stereocenters. The van der Waals surface area contributed by atoms with Gasteiger partial charge < -0.3 is 0 Å². The molecule has 9 heteroatoms. The van der Waals surface area contributed by atoms with Crippen molar-refractivity contribution < 1.29 is 17.6 Å². The van der Waals surface area contributed by atoms with Gasteiger partial charge in [0, 0.05) is 19.3 Å².